The second-order valence-electron chi connectivity index (χ2n) is 3.77. The van der Waals surface area contributed by atoms with Crippen LogP contribution in [0.5, 0.6) is 11.6 Å². The fourth-order valence-electron chi connectivity index (χ4n) is 1.39. The molecule has 1 atom stereocenters. The first-order valence-electron chi connectivity index (χ1n) is 5.30. The number of rotatable bonds is 3. The van der Waals surface area contributed by atoms with Gasteiger partial charge in [-0.15, -0.1) is 0 Å². The van der Waals surface area contributed by atoms with Crippen molar-refractivity contribution in [1.29, 1.82) is 0 Å². The largest absolute Gasteiger partial charge is 0.439 e. The van der Waals surface area contributed by atoms with Crippen molar-refractivity contribution >= 4 is 15.9 Å². The summed E-state index contributed by atoms with van der Waals surface area (Å²) in [6.45, 7) is 1.93. The number of nitrogens with two attached hydrogens (primary N) is 1. The first-order valence-corrected chi connectivity index (χ1v) is 6.09. The molecule has 0 aliphatic carbocycles. The third-order valence-electron chi connectivity index (χ3n) is 2.32. The second-order valence-corrected chi connectivity index (χ2v) is 4.69. The molecule has 2 rings (SSSR count). The number of hydrogen-bond acceptors (Lipinski definition) is 3. The Labute approximate surface area is 109 Å². The van der Waals surface area contributed by atoms with Gasteiger partial charge in [0.25, 0.3) is 0 Å². The molecule has 0 aliphatic heterocycles. The van der Waals surface area contributed by atoms with E-state index in [0.29, 0.717) is 5.88 Å². The van der Waals surface area contributed by atoms with Crippen LogP contribution >= 0.6 is 15.9 Å². The van der Waals surface area contributed by atoms with E-state index >= 15 is 0 Å². The van der Waals surface area contributed by atoms with Gasteiger partial charge < -0.3 is 10.5 Å². The van der Waals surface area contributed by atoms with Crippen molar-refractivity contribution in [3.05, 3.63) is 52.6 Å². The molecule has 0 aliphatic rings. The quantitative estimate of drug-likeness (QED) is 0.939. The van der Waals surface area contributed by atoms with Gasteiger partial charge >= 0.3 is 0 Å². The Morgan fingerprint density at radius 2 is 1.94 bits per heavy atom. The first kappa shape index (κ1) is 12.1. The lowest BCUT2D eigenvalue weighted by atomic mass is 10.1. The average molecular weight is 293 g/mol. The van der Waals surface area contributed by atoms with Gasteiger partial charge in [0.15, 0.2) is 0 Å². The van der Waals surface area contributed by atoms with Gasteiger partial charge in [-0.05, 0) is 42.8 Å². The van der Waals surface area contributed by atoms with Gasteiger partial charge in [0.05, 0.1) is 0 Å². The number of nitrogens with zero attached hydrogens (tertiary/aromatic N) is 1. The molecule has 0 bridgehead atoms. The molecule has 1 aromatic carbocycles. The molecular formula is C13H13BrN2O. The van der Waals surface area contributed by atoms with E-state index in [0.717, 1.165) is 15.8 Å². The Morgan fingerprint density at radius 3 is 2.59 bits per heavy atom. The molecule has 0 radical (unpaired) electrons. The summed E-state index contributed by atoms with van der Waals surface area (Å²) in [6, 6.07) is 11.3. The summed E-state index contributed by atoms with van der Waals surface area (Å²) in [5.41, 5.74) is 6.81. The normalized spacial score (nSPS) is 12.2. The van der Waals surface area contributed by atoms with Gasteiger partial charge in [-0.1, -0.05) is 15.9 Å². The third kappa shape index (κ3) is 3.28. The maximum atomic E-state index is 5.81. The molecule has 0 amide bonds. The van der Waals surface area contributed by atoms with Gasteiger partial charge in [-0.25, -0.2) is 4.98 Å². The first-order chi connectivity index (χ1) is 8.15. The summed E-state index contributed by atoms with van der Waals surface area (Å²) in [7, 11) is 0. The number of halogens is 1. The standard InChI is InChI=1S/C13H13BrN2O/c1-9(15)10-6-7-16-13(8-10)17-12-4-2-11(14)3-5-12/h2-9H,15H2,1H3. The summed E-state index contributed by atoms with van der Waals surface area (Å²) in [6.07, 6.45) is 1.70. The fraction of sp³-hybridized carbons (Fsp3) is 0.154. The van der Waals surface area contributed by atoms with Crippen LogP contribution in [0, 0.1) is 0 Å². The van der Waals surface area contributed by atoms with Gasteiger partial charge in [0.1, 0.15) is 5.75 Å². The van der Waals surface area contributed by atoms with E-state index in [1.165, 1.54) is 0 Å². The summed E-state index contributed by atoms with van der Waals surface area (Å²) < 4.78 is 6.65. The van der Waals surface area contributed by atoms with Gasteiger partial charge in [0.2, 0.25) is 5.88 Å². The van der Waals surface area contributed by atoms with Crippen molar-refractivity contribution in [2.75, 3.05) is 0 Å². The van der Waals surface area contributed by atoms with E-state index in [1.807, 2.05) is 43.3 Å². The van der Waals surface area contributed by atoms with E-state index in [4.69, 9.17) is 10.5 Å². The van der Waals surface area contributed by atoms with E-state index in [-0.39, 0.29) is 6.04 Å². The van der Waals surface area contributed by atoms with Gasteiger partial charge in [-0.2, -0.15) is 0 Å². The highest BCUT2D eigenvalue weighted by molar-refractivity contribution is 9.10. The van der Waals surface area contributed by atoms with E-state index in [9.17, 15) is 0 Å². The molecule has 0 fully saturated rings. The smallest absolute Gasteiger partial charge is 0.219 e. The van der Waals surface area contributed by atoms with Gasteiger partial charge in [0, 0.05) is 22.8 Å². The van der Waals surface area contributed by atoms with E-state index < -0.39 is 0 Å². The minimum atomic E-state index is -0.0229. The van der Waals surface area contributed by atoms with Crippen LogP contribution in [0.15, 0.2) is 47.1 Å². The van der Waals surface area contributed by atoms with Crippen LogP contribution in [0.2, 0.25) is 0 Å². The predicted molar refractivity (Wildman–Crippen MR) is 71.1 cm³/mol. The number of aromatic nitrogens is 1. The number of benzene rings is 1. The summed E-state index contributed by atoms with van der Waals surface area (Å²) in [4.78, 5) is 4.15. The summed E-state index contributed by atoms with van der Waals surface area (Å²) in [5, 5.41) is 0. The minimum Gasteiger partial charge on any atom is -0.439 e. The Kier molecular flexibility index (Phi) is 3.76. The van der Waals surface area contributed by atoms with Crippen molar-refractivity contribution < 1.29 is 4.74 Å². The van der Waals surface area contributed by atoms with Crippen molar-refractivity contribution in [3.8, 4) is 11.6 Å². The molecule has 1 unspecified atom stereocenters. The van der Waals surface area contributed by atoms with Crippen LogP contribution in [0.1, 0.15) is 18.5 Å². The van der Waals surface area contributed by atoms with Crippen LogP contribution in [-0.4, -0.2) is 4.98 Å². The van der Waals surface area contributed by atoms with Crippen LogP contribution in [-0.2, 0) is 0 Å². The highest BCUT2D eigenvalue weighted by Gasteiger charge is 2.03. The summed E-state index contributed by atoms with van der Waals surface area (Å²) in [5.74, 6) is 1.31. The topological polar surface area (TPSA) is 48.1 Å². The lowest BCUT2D eigenvalue weighted by Gasteiger charge is -2.08. The zero-order chi connectivity index (χ0) is 12.3. The Morgan fingerprint density at radius 1 is 1.24 bits per heavy atom. The molecule has 4 heteroatoms. The van der Waals surface area contributed by atoms with Crippen LogP contribution in [0.25, 0.3) is 0 Å². The van der Waals surface area contributed by atoms with E-state index in [1.54, 1.807) is 6.20 Å². The van der Waals surface area contributed by atoms with Crippen LogP contribution in [0.4, 0.5) is 0 Å². The number of pyridine rings is 1. The third-order valence-corrected chi connectivity index (χ3v) is 2.85. The molecule has 88 valence electrons. The average Bonchev–Trinajstić information content (AvgIpc) is 2.32. The molecular weight excluding hydrogens is 280 g/mol. The van der Waals surface area contributed by atoms with Crippen molar-refractivity contribution in [2.45, 2.75) is 13.0 Å². The molecule has 1 aromatic heterocycles. The van der Waals surface area contributed by atoms with Crippen molar-refractivity contribution in [2.24, 2.45) is 5.73 Å². The number of hydrogen-bond donors (Lipinski definition) is 1. The van der Waals surface area contributed by atoms with Crippen LogP contribution in [0.3, 0.4) is 0 Å². The Balaban J connectivity index is 2.18. The molecule has 2 aromatic rings. The minimum absolute atomic E-state index is 0.0229. The fourth-order valence-corrected chi connectivity index (χ4v) is 1.65. The lowest BCUT2D eigenvalue weighted by Crippen LogP contribution is -2.05. The predicted octanol–water partition coefficient (Wildman–Crippen LogP) is 3.66. The lowest BCUT2D eigenvalue weighted by molar-refractivity contribution is 0.461. The Bertz CT molecular complexity index is 497. The molecule has 0 spiro atoms. The zero-order valence-corrected chi connectivity index (χ0v) is 11.0. The molecule has 3 nitrogen and oxygen atoms in total. The monoisotopic (exact) mass is 292 g/mol. The van der Waals surface area contributed by atoms with Crippen molar-refractivity contribution in [3.63, 3.8) is 0 Å². The molecule has 17 heavy (non-hydrogen) atoms. The van der Waals surface area contributed by atoms with Crippen LogP contribution < -0.4 is 10.5 Å². The highest BCUT2D eigenvalue weighted by atomic mass is 79.9. The molecule has 0 saturated heterocycles. The summed E-state index contributed by atoms with van der Waals surface area (Å²) >= 11 is 3.37. The zero-order valence-electron chi connectivity index (χ0n) is 9.43. The molecule has 0 saturated carbocycles. The van der Waals surface area contributed by atoms with Gasteiger partial charge in [-0.3, -0.25) is 0 Å². The van der Waals surface area contributed by atoms with E-state index in [2.05, 4.69) is 20.9 Å². The molecule has 1 heterocycles. The second kappa shape index (κ2) is 5.29. The van der Waals surface area contributed by atoms with Crippen molar-refractivity contribution in [1.82, 2.24) is 4.98 Å². The number of ether oxygens (including phenoxy) is 1. The maximum absolute atomic E-state index is 5.81. The highest BCUT2D eigenvalue weighted by Crippen LogP contribution is 2.23. The maximum Gasteiger partial charge on any atom is 0.219 e. The molecule has 2 N–H and O–H groups in total. The Hall–Kier alpha value is -1.39. The SMILES string of the molecule is CC(N)c1ccnc(Oc2ccc(Br)cc2)c1.